The Morgan fingerprint density at radius 1 is 1.38 bits per heavy atom. The van der Waals surface area contributed by atoms with Crippen molar-refractivity contribution in [3.05, 3.63) is 40.6 Å². The molecule has 1 aromatic rings. The standard InChI is InChI=1S/C9H8Cl2O2/c10-5-9(11)13-8-3-1-7(6-12)2-4-8/h1-5,12H,6H2/b9-5+. The number of ether oxygens (including phenoxy) is 1. The van der Waals surface area contributed by atoms with Crippen LogP contribution in [0, 0.1) is 0 Å². The summed E-state index contributed by atoms with van der Waals surface area (Å²) in [6, 6.07) is 6.89. The van der Waals surface area contributed by atoms with Gasteiger partial charge in [-0.05, 0) is 29.3 Å². The first-order valence-corrected chi connectivity index (χ1v) is 4.41. The summed E-state index contributed by atoms with van der Waals surface area (Å²) >= 11 is 10.8. The van der Waals surface area contributed by atoms with E-state index in [2.05, 4.69) is 0 Å². The highest BCUT2D eigenvalue weighted by atomic mass is 35.5. The topological polar surface area (TPSA) is 29.5 Å². The minimum atomic E-state index is 0.0133. The lowest BCUT2D eigenvalue weighted by atomic mass is 10.2. The monoisotopic (exact) mass is 218 g/mol. The lowest BCUT2D eigenvalue weighted by Crippen LogP contribution is -1.88. The highest BCUT2D eigenvalue weighted by Crippen LogP contribution is 2.17. The second kappa shape index (κ2) is 5.12. The molecule has 2 nitrogen and oxygen atoms in total. The summed E-state index contributed by atoms with van der Waals surface area (Å²) in [5.41, 5.74) is 1.96. The van der Waals surface area contributed by atoms with Gasteiger partial charge >= 0.3 is 0 Å². The van der Waals surface area contributed by atoms with Gasteiger partial charge in [0, 0.05) is 0 Å². The number of rotatable bonds is 3. The van der Waals surface area contributed by atoms with Gasteiger partial charge in [-0.2, -0.15) is 0 Å². The molecular weight excluding hydrogens is 211 g/mol. The molecule has 1 rings (SSSR count). The van der Waals surface area contributed by atoms with Crippen LogP contribution in [-0.2, 0) is 6.61 Å². The van der Waals surface area contributed by atoms with Crippen LogP contribution in [0.4, 0.5) is 0 Å². The van der Waals surface area contributed by atoms with E-state index in [1.165, 1.54) is 0 Å². The van der Waals surface area contributed by atoms with E-state index in [0.29, 0.717) is 5.75 Å². The van der Waals surface area contributed by atoms with Gasteiger partial charge in [0.05, 0.1) is 12.1 Å². The molecule has 0 saturated carbocycles. The average Bonchev–Trinajstić information content (AvgIpc) is 2.19. The average molecular weight is 219 g/mol. The van der Waals surface area contributed by atoms with Crippen molar-refractivity contribution in [1.82, 2.24) is 0 Å². The molecule has 0 aliphatic carbocycles. The van der Waals surface area contributed by atoms with Gasteiger partial charge in [0.2, 0.25) is 5.22 Å². The van der Waals surface area contributed by atoms with Crippen molar-refractivity contribution in [3.63, 3.8) is 0 Å². The summed E-state index contributed by atoms with van der Waals surface area (Å²) in [4.78, 5) is 0. The quantitative estimate of drug-likeness (QED) is 0.792. The fourth-order valence-corrected chi connectivity index (χ4v) is 0.931. The van der Waals surface area contributed by atoms with Crippen molar-refractivity contribution in [3.8, 4) is 5.75 Å². The van der Waals surface area contributed by atoms with Gasteiger partial charge in [0.25, 0.3) is 0 Å². The third kappa shape index (κ3) is 3.27. The van der Waals surface area contributed by atoms with Gasteiger partial charge in [-0.1, -0.05) is 23.7 Å². The van der Waals surface area contributed by atoms with Crippen molar-refractivity contribution in [1.29, 1.82) is 0 Å². The maximum Gasteiger partial charge on any atom is 0.205 e. The Bertz CT molecular complexity index is 293. The summed E-state index contributed by atoms with van der Waals surface area (Å²) < 4.78 is 5.08. The summed E-state index contributed by atoms with van der Waals surface area (Å²) in [5, 5.41) is 8.87. The van der Waals surface area contributed by atoms with Crippen LogP contribution in [0.5, 0.6) is 5.75 Å². The molecule has 0 radical (unpaired) electrons. The van der Waals surface area contributed by atoms with Crippen LogP contribution in [0.3, 0.4) is 0 Å². The van der Waals surface area contributed by atoms with Crippen molar-refractivity contribution in [2.45, 2.75) is 6.61 Å². The number of aliphatic hydroxyl groups excluding tert-OH is 1. The highest BCUT2D eigenvalue weighted by molar-refractivity contribution is 6.35. The van der Waals surface area contributed by atoms with Gasteiger partial charge < -0.3 is 9.84 Å². The minimum absolute atomic E-state index is 0.0133. The predicted octanol–water partition coefficient (Wildman–Crippen LogP) is 2.83. The van der Waals surface area contributed by atoms with Crippen LogP contribution in [0.25, 0.3) is 0 Å². The summed E-state index contributed by atoms with van der Waals surface area (Å²) in [7, 11) is 0. The first-order chi connectivity index (χ1) is 6.26. The van der Waals surface area contributed by atoms with E-state index in [4.69, 9.17) is 33.0 Å². The van der Waals surface area contributed by atoms with Gasteiger partial charge in [-0.3, -0.25) is 0 Å². The van der Waals surface area contributed by atoms with E-state index in [-0.39, 0.29) is 11.8 Å². The van der Waals surface area contributed by atoms with Gasteiger partial charge in [-0.25, -0.2) is 0 Å². The third-order valence-electron chi connectivity index (χ3n) is 1.41. The normalized spacial score (nSPS) is 11.5. The zero-order valence-corrected chi connectivity index (χ0v) is 8.22. The molecular formula is C9H8Cl2O2. The molecule has 4 heteroatoms. The zero-order chi connectivity index (χ0) is 9.68. The largest absolute Gasteiger partial charge is 0.444 e. The lowest BCUT2D eigenvalue weighted by Gasteiger charge is -2.03. The van der Waals surface area contributed by atoms with Crippen LogP contribution in [-0.4, -0.2) is 5.11 Å². The Morgan fingerprint density at radius 2 is 2.00 bits per heavy atom. The third-order valence-corrected chi connectivity index (χ3v) is 1.90. The number of hydrogen-bond donors (Lipinski definition) is 1. The number of benzene rings is 1. The Morgan fingerprint density at radius 3 is 2.46 bits per heavy atom. The summed E-state index contributed by atoms with van der Waals surface area (Å²) in [6.45, 7) is 0.0133. The van der Waals surface area contributed by atoms with Crippen LogP contribution in [0.2, 0.25) is 0 Å². The Labute approximate surface area is 86.4 Å². The van der Waals surface area contributed by atoms with E-state index in [1.807, 2.05) is 0 Å². The van der Waals surface area contributed by atoms with E-state index in [9.17, 15) is 0 Å². The Hall–Kier alpha value is -0.700. The molecule has 0 fully saturated rings. The summed E-state index contributed by atoms with van der Waals surface area (Å²) in [5.74, 6) is 0.583. The molecule has 0 spiro atoms. The fourth-order valence-electron chi connectivity index (χ4n) is 0.798. The second-order valence-electron chi connectivity index (χ2n) is 2.32. The fraction of sp³-hybridized carbons (Fsp3) is 0.111. The van der Waals surface area contributed by atoms with Crippen LogP contribution < -0.4 is 4.74 Å². The molecule has 0 bridgehead atoms. The molecule has 0 atom stereocenters. The molecule has 0 unspecified atom stereocenters. The second-order valence-corrected chi connectivity index (χ2v) is 2.91. The first-order valence-electron chi connectivity index (χ1n) is 3.60. The lowest BCUT2D eigenvalue weighted by molar-refractivity contribution is 0.281. The van der Waals surface area contributed by atoms with Gasteiger partial charge in [0.1, 0.15) is 5.75 Å². The van der Waals surface area contributed by atoms with Crippen LogP contribution in [0.15, 0.2) is 35.0 Å². The number of halogens is 2. The Balaban J connectivity index is 2.69. The molecule has 0 saturated heterocycles. The molecule has 1 N–H and O–H groups in total. The van der Waals surface area contributed by atoms with Gasteiger partial charge in [-0.15, -0.1) is 0 Å². The molecule has 0 aliphatic rings. The van der Waals surface area contributed by atoms with Gasteiger partial charge in [0.15, 0.2) is 0 Å². The van der Waals surface area contributed by atoms with E-state index in [1.54, 1.807) is 24.3 Å². The smallest absolute Gasteiger partial charge is 0.205 e. The molecule has 70 valence electrons. The maximum absolute atomic E-state index is 8.76. The van der Waals surface area contributed by atoms with Crippen molar-refractivity contribution >= 4 is 23.2 Å². The molecule has 0 amide bonds. The van der Waals surface area contributed by atoms with Crippen LogP contribution in [0.1, 0.15) is 5.56 Å². The van der Waals surface area contributed by atoms with Crippen molar-refractivity contribution in [2.24, 2.45) is 0 Å². The van der Waals surface area contributed by atoms with E-state index < -0.39 is 0 Å². The highest BCUT2D eigenvalue weighted by Gasteiger charge is 1.96. The first kappa shape index (κ1) is 10.4. The molecule has 0 heterocycles. The Kier molecular flexibility index (Phi) is 4.09. The molecule has 13 heavy (non-hydrogen) atoms. The molecule has 1 aromatic carbocycles. The zero-order valence-electron chi connectivity index (χ0n) is 6.71. The van der Waals surface area contributed by atoms with Crippen molar-refractivity contribution < 1.29 is 9.84 Å². The summed E-state index contributed by atoms with van der Waals surface area (Å²) in [6.07, 6.45) is 0. The van der Waals surface area contributed by atoms with E-state index in [0.717, 1.165) is 11.1 Å². The molecule has 0 aromatic heterocycles. The maximum atomic E-state index is 8.76. The van der Waals surface area contributed by atoms with Crippen molar-refractivity contribution in [2.75, 3.05) is 0 Å². The minimum Gasteiger partial charge on any atom is -0.444 e. The molecule has 0 aliphatic heterocycles. The van der Waals surface area contributed by atoms with Crippen LogP contribution >= 0.6 is 23.2 Å². The van der Waals surface area contributed by atoms with E-state index >= 15 is 0 Å². The number of hydrogen-bond acceptors (Lipinski definition) is 2. The number of aliphatic hydroxyl groups is 1. The SMILES string of the molecule is OCc1ccc(O/C(Cl)=C/Cl)cc1. The predicted molar refractivity (Wildman–Crippen MR) is 52.8 cm³/mol.